The van der Waals surface area contributed by atoms with Crippen LogP contribution in [0.4, 0.5) is 0 Å². The number of halogens is 2. The molecule has 0 spiro atoms. The molecule has 0 N–H and O–H groups in total. The van der Waals surface area contributed by atoms with Crippen LogP contribution < -0.4 is 0 Å². The molecule has 5 nitrogen and oxygen atoms in total. The van der Waals surface area contributed by atoms with Gasteiger partial charge in [-0.15, -0.1) is 21.8 Å². The van der Waals surface area contributed by atoms with E-state index in [1.165, 1.54) is 0 Å². The van der Waals surface area contributed by atoms with Gasteiger partial charge < -0.3 is 13.9 Å². The maximum absolute atomic E-state index is 13.2. The zero-order valence-electron chi connectivity index (χ0n) is 18.6. The minimum absolute atomic E-state index is 0.0179. The van der Waals surface area contributed by atoms with Crippen molar-refractivity contribution >= 4 is 52.5 Å². The topological polar surface area (TPSA) is 55.8 Å². The number of hydrogen-bond acceptors (Lipinski definition) is 4. The first-order valence-electron chi connectivity index (χ1n) is 10.7. The van der Waals surface area contributed by atoms with Crippen LogP contribution in [0.25, 0.3) is 0 Å². The highest BCUT2D eigenvalue weighted by atomic mass is 127. The molecule has 3 rings (SSSR count). The summed E-state index contributed by atoms with van der Waals surface area (Å²) in [5.74, 6) is -0.107. The molecule has 2 aliphatic heterocycles. The lowest BCUT2D eigenvalue weighted by Gasteiger charge is -2.40. The van der Waals surface area contributed by atoms with E-state index >= 15 is 0 Å². The van der Waals surface area contributed by atoms with Gasteiger partial charge in [-0.3, -0.25) is 9.36 Å². The summed E-state index contributed by atoms with van der Waals surface area (Å²) in [7, 11) is -3.45. The van der Waals surface area contributed by atoms with E-state index < -0.39 is 18.8 Å². The van der Waals surface area contributed by atoms with Crippen molar-refractivity contribution < 1.29 is 18.4 Å². The maximum atomic E-state index is 13.2. The summed E-state index contributed by atoms with van der Waals surface area (Å²) in [4.78, 5) is 15.1. The number of carbonyl (C=O) groups is 1. The van der Waals surface area contributed by atoms with Gasteiger partial charge in [0.15, 0.2) is 0 Å². The average molecular weight is 586 g/mol. The molecule has 170 valence electrons. The first-order chi connectivity index (χ1) is 14.0. The van der Waals surface area contributed by atoms with E-state index in [0.29, 0.717) is 11.4 Å². The summed E-state index contributed by atoms with van der Waals surface area (Å²) >= 11 is 8.65. The average Bonchev–Trinajstić information content (AvgIpc) is 3.06. The standard InChI is InChI=1S/C18H25ClNO4P.C3H9ISi/c1-3-23-25(22,24-4-2)17-11-9-15-8-10-16(20(15)18(17)21)13-6-5-7-14(19)12-13;1-5(2,3)4/h5-7,12,15-17H,3-4,8-11H2,1-2H3;1-3H3/t15-,16+,17?;/m1./s1. The predicted octanol–water partition coefficient (Wildman–Crippen LogP) is 7.06. The number of benzene rings is 1. The Hall–Kier alpha value is 0.0769. The molecule has 30 heavy (non-hydrogen) atoms. The number of carbonyl (C=O) groups excluding carboxylic acids is 1. The van der Waals surface area contributed by atoms with Crippen molar-refractivity contribution in [2.24, 2.45) is 0 Å². The second-order valence-corrected chi connectivity index (χ2v) is 25.1. The van der Waals surface area contributed by atoms with Crippen molar-refractivity contribution in [3.63, 3.8) is 0 Å². The zero-order valence-corrected chi connectivity index (χ0v) is 23.4. The van der Waals surface area contributed by atoms with Crippen LogP contribution in [0.3, 0.4) is 0 Å². The molecular weight excluding hydrogens is 552 g/mol. The smallest absolute Gasteiger partial charge is 0.332 e. The van der Waals surface area contributed by atoms with Crippen LogP contribution >= 0.6 is 41.0 Å². The van der Waals surface area contributed by atoms with E-state index in [1.807, 2.05) is 29.2 Å². The normalized spacial score (nSPS) is 24.3. The fourth-order valence-corrected chi connectivity index (χ4v) is 6.28. The lowest BCUT2D eigenvalue weighted by atomic mass is 10.0. The number of amides is 1. The molecule has 2 fully saturated rings. The van der Waals surface area contributed by atoms with Crippen molar-refractivity contribution in [2.45, 2.75) is 76.9 Å². The molecule has 0 aromatic heterocycles. The molecule has 1 aromatic rings. The van der Waals surface area contributed by atoms with Gasteiger partial charge in [0.2, 0.25) is 5.91 Å². The minimum Gasteiger partial charge on any atom is -0.332 e. The lowest BCUT2D eigenvalue weighted by molar-refractivity contribution is -0.137. The van der Waals surface area contributed by atoms with Crippen LogP contribution in [0, 0.1) is 0 Å². The Balaban J connectivity index is 0.000000575. The van der Waals surface area contributed by atoms with Crippen molar-refractivity contribution in [1.29, 1.82) is 0 Å². The van der Waals surface area contributed by atoms with Crippen LogP contribution in [0.15, 0.2) is 24.3 Å². The van der Waals surface area contributed by atoms with Gasteiger partial charge in [-0.2, -0.15) is 0 Å². The van der Waals surface area contributed by atoms with Gasteiger partial charge in [-0.05, 0) is 57.2 Å². The molecule has 0 radical (unpaired) electrons. The summed E-state index contributed by atoms with van der Waals surface area (Å²) in [6.45, 7) is 11.0. The van der Waals surface area contributed by atoms with E-state index in [1.54, 1.807) is 13.8 Å². The van der Waals surface area contributed by atoms with Gasteiger partial charge >= 0.3 is 7.60 Å². The van der Waals surface area contributed by atoms with Crippen LogP contribution in [-0.4, -0.2) is 41.3 Å². The Morgan fingerprint density at radius 2 is 1.70 bits per heavy atom. The van der Waals surface area contributed by atoms with Gasteiger partial charge in [-0.25, -0.2) is 0 Å². The second-order valence-electron chi connectivity index (χ2n) is 8.58. The molecule has 2 aliphatic rings. The van der Waals surface area contributed by atoms with E-state index in [2.05, 4.69) is 41.4 Å². The van der Waals surface area contributed by atoms with Gasteiger partial charge in [0.05, 0.1) is 19.3 Å². The van der Waals surface area contributed by atoms with E-state index in [0.717, 1.165) is 24.8 Å². The number of fused-ring (bicyclic) bond motifs is 1. The highest BCUT2D eigenvalue weighted by Crippen LogP contribution is 2.58. The molecule has 2 saturated heterocycles. The van der Waals surface area contributed by atoms with E-state index in [9.17, 15) is 9.36 Å². The molecule has 9 heteroatoms. The molecule has 1 amide bonds. The Bertz CT molecular complexity index is 760. The Morgan fingerprint density at radius 1 is 1.13 bits per heavy atom. The lowest BCUT2D eigenvalue weighted by Crippen LogP contribution is -2.48. The molecule has 1 unspecified atom stereocenters. The van der Waals surface area contributed by atoms with Crippen molar-refractivity contribution in [3.8, 4) is 0 Å². The molecule has 2 heterocycles. The van der Waals surface area contributed by atoms with Crippen LogP contribution in [0.1, 0.15) is 51.1 Å². The Labute approximate surface area is 200 Å². The summed E-state index contributed by atoms with van der Waals surface area (Å²) in [6.07, 6.45) is 3.25. The molecule has 0 saturated carbocycles. The number of piperidine rings is 1. The van der Waals surface area contributed by atoms with E-state index in [-0.39, 0.29) is 31.2 Å². The monoisotopic (exact) mass is 585 g/mol. The molecule has 3 atom stereocenters. The first kappa shape index (κ1) is 26.3. The quantitative estimate of drug-likeness (QED) is 0.155. The SMILES string of the molecule is CCOP(=O)(OCC)C1CC[C@H]2CC[C@@H](c3cccc(Cl)c3)N2C1=O.C[Si](C)(C)I. The Morgan fingerprint density at radius 3 is 2.23 bits per heavy atom. The predicted molar refractivity (Wildman–Crippen MR) is 135 cm³/mol. The van der Waals surface area contributed by atoms with Gasteiger partial charge in [0.1, 0.15) is 11.2 Å². The molecule has 0 aliphatic carbocycles. The fraction of sp³-hybridized carbons (Fsp3) is 0.667. The molecular formula is C21H34ClINO4PSi. The van der Waals surface area contributed by atoms with Crippen LogP contribution in [-0.2, 0) is 18.4 Å². The minimum atomic E-state index is -3.45. The van der Waals surface area contributed by atoms with Gasteiger partial charge in [0.25, 0.3) is 0 Å². The highest BCUT2D eigenvalue weighted by Gasteiger charge is 2.51. The third kappa shape index (κ3) is 7.04. The summed E-state index contributed by atoms with van der Waals surface area (Å²) in [5.41, 5.74) is -0.312. The van der Waals surface area contributed by atoms with Crippen molar-refractivity contribution in [2.75, 3.05) is 13.2 Å². The largest absolute Gasteiger partial charge is 0.343 e. The fourth-order valence-electron chi connectivity index (χ4n) is 4.06. The number of rotatable bonds is 6. The van der Waals surface area contributed by atoms with Crippen LogP contribution in [0.2, 0.25) is 24.7 Å². The van der Waals surface area contributed by atoms with Crippen molar-refractivity contribution in [1.82, 2.24) is 4.90 Å². The number of nitrogens with zero attached hydrogens (tertiary/aromatic N) is 1. The number of hydrogen-bond donors (Lipinski definition) is 0. The zero-order chi connectivity index (χ0) is 22.5. The second kappa shape index (κ2) is 11.3. The summed E-state index contributed by atoms with van der Waals surface area (Å²) in [6, 6.07) is 7.83. The maximum Gasteiger partial charge on any atom is 0.343 e. The summed E-state index contributed by atoms with van der Waals surface area (Å²) in [5, 5.41) is 0.663. The van der Waals surface area contributed by atoms with Crippen molar-refractivity contribution in [3.05, 3.63) is 34.9 Å². The van der Waals surface area contributed by atoms with E-state index in [4.69, 9.17) is 20.6 Å². The molecule has 0 bridgehead atoms. The van der Waals surface area contributed by atoms with Crippen LogP contribution in [0.5, 0.6) is 0 Å². The third-order valence-electron chi connectivity index (χ3n) is 5.05. The third-order valence-corrected chi connectivity index (χ3v) is 7.76. The Kier molecular flexibility index (Phi) is 9.90. The highest BCUT2D eigenvalue weighted by molar-refractivity contribution is 14.1. The van der Waals surface area contributed by atoms with Gasteiger partial charge in [-0.1, -0.05) is 43.4 Å². The summed E-state index contributed by atoms with van der Waals surface area (Å²) < 4.78 is 24.1. The van der Waals surface area contributed by atoms with Gasteiger partial charge in [0, 0.05) is 11.1 Å². The first-order valence-corrected chi connectivity index (χ1v) is 19.3. The molecule has 1 aromatic carbocycles.